The highest BCUT2D eigenvalue weighted by molar-refractivity contribution is 5.76. The molecule has 0 radical (unpaired) electrons. The van der Waals surface area contributed by atoms with Crippen LogP contribution in [0.2, 0.25) is 0 Å². The average molecular weight is 236 g/mol. The van der Waals surface area contributed by atoms with Crippen LogP contribution in [0.15, 0.2) is 0 Å². The minimum atomic E-state index is -4.60. The van der Waals surface area contributed by atoms with Crippen LogP contribution in [0, 0.1) is 0 Å². The molecule has 1 heterocycles. The Balaban J connectivity index is 3.25. The summed E-state index contributed by atoms with van der Waals surface area (Å²) in [6, 6.07) is -0.495. The fourth-order valence-corrected chi connectivity index (χ4v) is 1.27. The number of carbonyl (C=O) groups is 1. The van der Waals surface area contributed by atoms with Crippen LogP contribution >= 0.6 is 0 Å². The third-order valence-corrected chi connectivity index (χ3v) is 1.86. The monoisotopic (exact) mass is 236 g/mol. The van der Waals surface area contributed by atoms with Gasteiger partial charge in [-0.25, -0.2) is 4.68 Å². The molecule has 90 valence electrons. The summed E-state index contributed by atoms with van der Waals surface area (Å²) in [5, 5.41) is 6.71. The van der Waals surface area contributed by atoms with Gasteiger partial charge in [-0.1, -0.05) is 5.21 Å². The molecule has 1 amide bonds. The lowest BCUT2D eigenvalue weighted by molar-refractivity contribution is -0.145. The number of nitrogens with two attached hydrogens (primary N) is 1. The first kappa shape index (κ1) is 12.5. The van der Waals surface area contributed by atoms with Gasteiger partial charge in [0.1, 0.15) is 5.69 Å². The van der Waals surface area contributed by atoms with E-state index in [4.69, 9.17) is 5.73 Å². The molecule has 0 unspecified atom stereocenters. The van der Waals surface area contributed by atoms with Gasteiger partial charge in [-0.05, 0) is 13.8 Å². The number of hydrogen-bond donors (Lipinski definition) is 1. The molecule has 1 rings (SSSR count). The summed E-state index contributed by atoms with van der Waals surface area (Å²) in [6.45, 7) is 3.08. The van der Waals surface area contributed by atoms with Crippen LogP contribution in [0.25, 0.3) is 0 Å². The zero-order valence-electron chi connectivity index (χ0n) is 8.75. The molecule has 0 saturated carbocycles. The summed E-state index contributed by atoms with van der Waals surface area (Å²) >= 11 is 0. The summed E-state index contributed by atoms with van der Waals surface area (Å²) in [4.78, 5) is 10.6. The van der Waals surface area contributed by atoms with Crippen LogP contribution in [-0.4, -0.2) is 20.9 Å². The lowest BCUT2D eigenvalue weighted by atomic mass is 10.2. The van der Waals surface area contributed by atoms with Gasteiger partial charge in [0.05, 0.1) is 6.42 Å². The maximum absolute atomic E-state index is 12.7. The van der Waals surface area contributed by atoms with Crippen molar-refractivity contribution in [1.29, 1.82) is 0 Å². The number of carbonyl (C=O) groups excluding carboxylic acids is 1. The Morgan fingerprint density at radius 3 is 2.44 bits per heavy atom. The zero-order chi connectivity index (χ0) is 12.5. The minimum absolute atomic E-state index is 0.436. The average Bonchev–Trinajstić information content (AvgIpc) is 2.45. The van der Waals surface area contributed by atoms with Gasteiger partial charge in [0, 0.05) is 6.04 Å². The fraction of sp³-hybridized carbons (Fsp3) is 0.625. The molecule has 2 N–H and O–H groups in total. The fourth-order valence-electron chi connectivity index (χ4n) is 1.27. The minimum Gasteiger partial charge on any atom is -0.369 e. The number of amides is 1. The van der Waals surface area contributed by atoms with Gasteiger partial charge >= 0.3 is 6.18 Å². The van der Waals surface area contributed by atoms with Crippen molar-refractivity contribution in [3.05, 3.63) is 11.4 Å². The Morgan fingerprint density at radius 1 is 1.50 bits per heavy atom. The van der Waals surface area contributed by atoms with E-state index >= 15 is 0 Å². The third-order valence-electron chi connectivity index (χ3n) is 1.86. The van der Waals surface area contributed by atoms with Crippen LogP contribution in [0.4, 0.5) is 13.2 Å². The summed E-state index contributed by atoms with van der Waals surface area (Å²) in [6.07, 6.45) is -5.17. The largest absolute Gasteiger partial charge is 0.434 e. The van der Waals surface area contributed by atoms with Crippen molar-refractivity contribution in [2.75, 3.05) is 0 Å². The van der Waals surface area contributed by atoms with Gasteiger partial charge in [0.15, 0.2) is 5.69 Å². The van der Waals surface area contributed by atoms with Crippen LogP contribution < -0.4 is 5.73 Å². The molecule has 0 fully saturated rings. The van der Waals surface area contributed by atoms with Crippen molar-refractivity contribution in [2.45, 2.75) is 32.5 Å². The predicted molar refractivity (Wildman–Crippen MR) is 48.3 cm³/mol. The van der Waals surface area contributed by atoms with Crippen LogP contribution in [0.5, 0.6) is 0 Å². The third kappa shape index (κ3) is 2.50. The van der Waals surface area contributed by atoms with E-state index < -0.39 is 35.9 Å². The van der Waals surface area contributed by atoms with Crippen LogP contribution in [0.1, 0.15) is 31.3 Å². The van der Waals surface area contributed by atoms with E-state index in [0.29, 0.717) is 0 Å². The van der Waals surface area contributed by atoms with Crippen molar-refractivity contribution in [1.82, 2.24) is 15.0 Å². The Kier molecular flexibility index (Phi) is 3.20. The smallest absolute Gasteiger partial charge is 0.369 e. The Hall–Kier alpha value is -1.60. The first-order valence-corrected chi connectivity index (χ1v) is 4.53. The molecule has 0 bridgehead atoms. The topological polar surface area (TPSA) is 73.8 Å². The molecule has 0 aliphatic rings. The number of rotatable bonds is 3. The standard InChI is InChI=1S/C8H11F3N4O/c1-4(2)15-7(8(9,10)11)5(13-14-15)3-6(12)16/h4H,3H2,1-2H3,(H2,12,16). The van der Waals surface area contributed by atoms with E-state index in [2.05, 4.69) is 10.3 Å². The summed E-state index contributed by atoms with van der Waals surface area (Å²) in [7, 11) is 0. The molecule has 5 nitrogen and oxygen atoms in total. The summed E-state index contributed by atoms with van der Waals surface area (Å²) in [5.41, 5.74) is 3.39. The van der Waals surface area contributed by atoms with E-state index in [0.717, 1.165) is 4.68 Å². The normalized spacial score (nSPS) is 12.1. The number of hydrogen-bond acceptors (Lipinski definition) is 3. The summed E-state index contributed by atoms with van der Waals surface area (Å²) in [5.74, 6) is -0.874. The highest BCUT2D eigenvalue weighted by Gasteiger charge is 2.40. The van der Waals surface area contributed by atoms with Gasteiger partial charge < -0.3 is 5.73 Å². The highest BCUT2D eigenvalue weighted by atomic mass is 19.4. The van der Waals surface area contributed by atoms with E-state index in [1.807, 2.05) is 0 Å². The van der Waals surface area contributed by atoms with Gasteiger partial charge in [-0.3, -0.25) is 4.79 Å². The predicted octanol–water partition coefficient (Wildman–Crippen LogP) is 0.906. The molecule has 0 atom stereocenters. The number of aromatic nitrogens is 3. The maximum Gasteiger partial charge on any atom is 0.434 e. The molecule has 0 aromatic carbocycles. The number of alkyl halides is 3. The Labute approximate surface area is 89.4 Å². The van der Waals surface area contributed by atoms with Crippen molar-refractivity contribution in [3.8, 4) is 0 Å². The second-order valence-corrected chi connectivity index (χ2v) is 3.56. The quantitative estimate of drug-likeness (QED) is 0.847. The van der Waals surface area contributed by atoms with Crippen LogP contribution in [0.3, 0.4) is 0 Å². The molecular formula is C8H11F3N4O. The van der Waals surface area contributed by atoms with Gasteiger partial charge in [0.2, 0.25) is 5.91 Å². The second-order valence-electron chi connectivity index (χ2n) is 3.56. The molecule has 1 aromatic heterocycles. The van der Waals surface area contributed by atoms with Gasteiger partial charge in [0.25, 0.3) is 0 Å². The lowest BCUT2D eigenvalue weighted by Crippen LogP contribution is -2.21. The van der Waals surface area contributed by atoms with Crippen molar-refractivity contribution in [2.24, 2.45) is 5.73 Å². The lowest BCUT2D eigenvalue weighted by Gasteiger charge is -2.13. The van der Waals surface area contributed by atoms with E-state index in [1.54, 1.807) is 0 Å². The molecule has 16 heavy (non-hydrogen) atoms. The van der Waals surface area contributed by atoms with Gasteiger partial charge in [-0.15, -0.1) is 5.10 Å². The molecule has 0 spiro atoms. The molecule has 8 heteroatoms. The number of primary amides is 1. The SMILES string of the molecule is CC(C)n1nnc(CC(N)=O)c1C(F)(F)F. The van der Waals surface area contributed by atoms with Crippen LogP contribution in [-0.2, 0) is 17.4 Å². The molecule has 0 saturated heterocycles. The highest BCUT2D eigenvalue weighted by Crippen LogP contribution is 2.32. The first-order valence-electron chi connectivity index (χ1n) is 4.53. The molecule has 0 aliphatic heterocycles. The van der Waals surface area contributed by atoms with E-state index in [1.165, 1.54) is 13.8 Å². The van der Waals surface area contributed by atoms with Crippen molar-refractivity contribution < 1.29 is 18.0 Å². The van der Waals surface area contributed by atoms with E-state index in [9.17, 15) is 18.0 Å². The zero-order valence-corrected chi connectivity index (χ0v) is 8.75. The maximum atomic E-state index is 12.7. The first-order chi connectivity index (χ1) is 7.23. The van der Waals surface area contributed by atoms with Gasteiger partial charge in [-0.2, -0.15) is 13.2 Å². The van der Waals surface area contributed by atoms with Crippen molar-refractivity contribution in [3.63, 3.8) is 0 Å². The Morgan fingerprint density at radius 2 is 2.06 bits per heavy atom. The van der Waals surface area contributed by atoms with Crippen molar-refractivity contribution >= 4 is 5.91 Å². The molecular weight excluding hydrogens is 225 g/mol. The molecule has 1 aromatic rings. The second kappa shape index (κ2) is 4.11. The number of nitrogens with zero attached hydrogens (tertiary/aromatic N) is 3. The molecule has 0 aliphatic carbocycles. The van der Waals surface area contributed by atoms with E-state index in [-0.39, 0.29) is 0 Å². The summed E-state index contributed by atoms with van der Waals surface area (Å²) < 4.78 is 38.8. The number of halogens is 3. The Bertz CT molecular complexity index is 396.